The molecule has 154 valence electrons. The molecule has 1 aliphatic rings. The first-order valence-corrected chi connectivity index (χ1v) is 11.2. The third-order valence-corrected chi connectivity index (χ3v) is 6.52. The minimum Gasteiger partial charge on any atom is -0.482 e. The number of sulfonamides is 1. The second kappa shape index (κ2) is 9.63. The molecule has 0 unspecified atom stereocenters. The van der Waals surface area contributed by atoms with Crippen LogP contribution in [0.4, 0.5) is 0 Å². The highest BCUT2D eigenvalue weighted by atomic mass is 35.5. The number of carbonyl (C=O) groups is 1. The summed E-state index contributed by atoms with van der Waals surface area (Å²) < 4.78 is 31.8. The zero-order chi connectivity index (χ0) is 20.9. The van der Waals surface area contributed by atoms with Crippen molar-refractivity contribution in [3.63, 3.8) is 0 Å². The van der Waals surface area contributed by atoms with Crippen LogP contribution >= 0.6 is 23.2 Å². The van der Waals surface area contributed by atoms with Gasteiger partial charge in [-0.2, -0.15) is 4.31 Å². The Morgan fingerprint density at radius 2 is 1.72 bits per heavy atom. The van der Waals surface area contributed by atoms with Gasteiger partial charge in [-0.3, -0.25) is 4.79 Å². The molecule has 0 bridgehead atoms. The average molecular weight is 455 g/mol. The van der Waals surface area contributed by atoms with Gasteiger partial charge in [0, 0.05) is 36.6 Å². The number of ether oxygens (including phenoxy) is 1. The number of nitrogens with zero attached hydrogens (tertiary/aromatic N) is 2. The molecule has 3 rings (SSSR count). The normalized spacial score (nSPS) is 15.6. The van der Waals surface area contributed by atoms with E-state index in [0.29, 0.717) is 28.9 Å². The van der Waals surface area contributed by atoms with E-state index in [1.165, 1.54) is 15.8 Å². The highest BCUT2D eigenvalue weighted by Gasteiger charge is 2.27. The molecule has 0 N–H and O–H groups in total. The van der Waals surface area contributed by atoms with Crippen LogP contribution in [0, 0.1) is 0 Å². The fraction of sp³-hybridized carbons (Fsp3) is 0.250. The van der Waals surface area contributed by atoms with Crippen molar-refractivity contribution in [3.8, 4) is 5.75 Å². The number of benzene rings is 2. The summed E-state index contributed by atoms with van der Waals surface area (Å²) in [5, 5.41) is 2.00. The predicted molar refractivity (Wildman–Crippen MR) is 115 cm³/mol. The van der Waals surface area contributed by atoms with Crippen molar-refractivity contribution < 1.29 is 17.9 Å². The Morgan fingerprint density at radius 3 is 2.38 bits per heavy atom. The molecule has 2 aromatic carbocycles. The lowest BCUT2D eigenvalue weighted by atomic mass is 10.2. The second-order valence-corrected chi connectivity index (χ2v) is 9.06. The molecule has 0 atom stereocenters. The summed E-state index contributed by atoms with van der Waals surface area (Å²) in [6, 6.07) is 14.0. The summed E-state index contributed by atoms with van der Waals surface area (Å²) in [7, 11) is -3.54. The van der Waals surface area contributed by atoms with E-state index in [9.17, 15) is 13.2 Å². The third kappa shape index (κ3) is 5.96. The molecule has 1 fully saturated rings. The van der Waals surface area contributed by atoms with Crippen molar-refractivity contribution in [2.24, 2.45) is 0 Å². The van der Waals surface area contributed by atoms with Gasteiger partial charge in [0.25, 0.3) is 5.91 Å². The van der Waals surface area contributed by atoms with E-state index < -0.39 is 10.0 Å². The van der Waals surface area contributed by atoms with Crippen molar-refractivity contribution in [2.75, 3.05) is 32.8 Å². The SMILES string of the molecule is O=C(COc1ccc(Cl)cc1Cl)N1CCN(S(=O)(=O)C=Cc2ccccc2)CC1. The predicted octanol–water partition coefficient (Wildman–Crippen LogP) is 3.52. The Morgan fingerprint density at radius 1 is 1.03 bits per heavy atom. The average Bonchev–Trinajstić information content (AvgIpc) is 2.72. The molecule has 1 amide bonds. The third-order valence-electron chi connectivity index (χ3n) is 4.43. The molecule has 1 saturated heterocycles. The van der Waals surface area contributed by atoms with E-state index in [4.69, 9.17) is 27.9 Å². The Kier molecular flexibility index (Phi) is 7.18. The lowest BCUT2D eigenvalue weighted by Gasteiger charge is -2.33. The molecule has 0 radical (unpaired) electrons. The van der Waals surface area contributed by atoms with Crippen LogP contribution in [0.25, 0.3) is 6.08 Å². The number of hydrogen-bond acceptors (Lipinski definition) is 4. The number of carbonyl (C=O) groups excluding carboxylic acids is 1. The smallest absolute Gasteiger partial charge is 0.260 e. The van der Waals surface area contributed by atoms with Gasteiger partial charge < -0.3 is 9.64 Å². The largest absolute Gasteiger partial charge is 0.482 e. The van der Waals surface area contributed by atoms with E-state index in [0.717, 1.165) is 5.56 Å². The van der Waals surface area contributed by atoms with Gasteiger partial charge in [0.15, 0.2) is 6.61 Å². The summed E-state index contributed by atoms with van der Waals surface area (Å²) >= 11 is 11.9. The highest BCUT2D eigenvalue weighted by molar-refractivity contribution is 7.92. The lowest BCUT2D eigenvalue weighted by molar-refractivity contribution is -0.134. The van der Waals surface area contributed by atoms with Crippen LogP contribution in [0.15, 0.2) is 53.9 Å². The first-order chi connectivity index (χ1) is 13.8. The van der Waals surface area contributed by atoms with Crippen LogP contribution in [0.2, 0.25) is 10.0 Å². The Bertz CT molecular complexity index is 989. The molecule has 6 nitrogen and oxygen atoms in total. The van der Waals surface area contributed by atoms with Crippen molar-refractivity contribution in [2.45, 2.75) is 0 Å². The summed E-state index contributed by atoms with van der Waals surface area (Å²) in [5.74, 6) is 0.143. The molecular formula is C20H20Cl2N2O4S. The minimum absolute atomic E-state index is 0.179. The van der Waals surface area contributed by atoms with E-state index in [1.807, 2.05) is 30.3 Å². The standard InChI is InChI=1S/C20H20Cl2N2O4S/c21-17-6-7-19(18(22)14-17)28-15-20(25)23-9-11-24(12-10-23)29(26,27)13-8-16-4-2-1-3-5-16/h1-8,13-14H,9-12,15H2. The van der Waals surface area contributed by atoms with Crippen LogP contribution in [-0.2, 0) is 14.8 Å². The molecule has 0 spiro atoms. The molecule has 0 aromatic heterocycles. The fourth-order valence-electron chi connectivity index (χ4n) is 2.83. The van der Waals surface area contributed by atoms with Gasteiger partial charge in [-0.15, -0.1) is 0 Å². The van der Waals surface area contributed by atoms with Gasteiger partial charge in [0.1, 0.15) is 5.75 Å². The first kappa shape index (κ1) is 21.6. The molecule has 29 heavy (non-hydrogen) atoms. The second-order valence-electron chi connectivity index (χ2n) is 6.40. The molecule has 0 saturated carbocycles. The van der Waals surface area contributed by atoms with E-state index in [1.54, 1.807) is 23.1 Å². The topological polar surface area (TPSA) is 66.9 Å². The fourth-order valence-corrected chi connectivity index (χ4v) is 4.47. The maximum atomic E-state index is 12.5. The van der Waals surface area contributed by atoms with Gasteiger partial charge in [0.2, 0.25) is 10.0 Å². The van der Waals surface area contributed by atoms with Crippen LogP contribution in [-0.4, -0.2) is 56.3 Å². The summed E-state index contributed by atoms with van der Waals surface area (Å²) in [6.45, 7) is 0.885. The van der Waals surface area contributed by atoms with Crippen LogP contribution in [0.1, 0.15) is 5.56 Å². The molecule has 1 aliphatic heterocycles. The summed E-state index contributed by atoms with van der Waals surface area (Å²) in [5.41, 5.74) is 0.808. The summed E-state index contributed by atoms with van der Waals surface area (Å²) in [6.07, 6.45) is 1.57. The summed E-state index contributed by atoms with van der Waals surface area (Å²) in [4.78, 5) is 13.9. The first-order valence-electron chi connectivity index (χ1n) is 8.94. The van der Waals surface area contributed by atoms with Gasteiger partial charge >= 0.3 is 0 Å². The number of amides is 1. The lowest BCUT2D eigenvalue weighted by Crippen LogP contribution is -2.51. The Labute approximate surface area is 180 Å². The highest BCUT2D eigenvalue weighted by Crippen LogP contribution is 2.27. The zero-order valence-corrected chi connectivity index (χ0v) is 17.8. The quantitative estimate of drug-likeness (QED) is 0.669. The number of rotatable bonds is 6. The van der Waals surface area contributed by atoms with Crippen LogP contribution in [0.3, 0.4) is 0 Å². The Hall–Kier alpha value is -2.06. The zero-order valence-electron chi connectivity index (χ0n) is 15.5. The maximum Gasteiger partial charge on any atom is 0.260 e. The van der Waals surface area contributed by atoms with Crippen molar-refractivity contribution >= 4 is 45.2 Å². The van der Waals surface area contributed by atoms with Gasteiger partial charge in [0.05, 0.1) is 5.02 Å². The number of hydrogen-bond donors (Lipinski definition) is 0. The van der Waals surface area contributed by atoms with Crippen LogP contribution < -0.4 is 4.74 Å². The van der Waals surface area contributed by atoms with E-state index in [2.05, 4.69) is 0 Å². The van der Waals surface area contributed by atoms with Gasteiger partial charge in [-0.25, -0.2) is 8.42 Å². The molecule has 2 aromatic rings. The van der Waals surface area contributed by atoms with E-state index >= 15 is 0 Å². The van der Waals surface area contributed by atoms with Gasteiger partial charge in [-0.1, -0.05) is 53.5 Å². The maximum absolute atomic E-state index is 12.5. The Balaban J connectivity index is 1.51. The van der Waals surface area contributed by atoms with E-state index in [-0.39, 0.29) is 25.6 Å². The van der Waals surface area contributed by atoms with Crippen molar-refractivity contribution in [1.82, 2.24) is 9.21 Å². The molecule has 1 heterocycles. The molecule has 0 aliphatic carbocycles. The van der Waals surface area contributed by atoms with Crippen LogP contribution in [0.5, 0.6) is 5.75 Å². The minimum atomic E-state index is -3.54. The number of halogens is 2. The van der Waals surface area contributed by atoms with Crippen molar-refractivity contribution in [3.05, 3.63) is 69.5 Å². The monoisotopic (exact) mass is 454 g/mol. The number of piperazine rings is 1. The molecular weight excluding hydrogens is 435 g/mol. The van der Waals surface area contributed by atoms with Crippen molar-refractivity contribution in [1.29, 1.82) is 0 Å². The van der Waals surface area contributed by atoms with Gasteiger partial charge in [-0.05, 0) is 29.8 Å². The molecule has 9 heteroatoms.